The molecule has 3 nitrogen and oxygen atoms in total. The summed E-state index contributed by atoms with van der Waals surface area (Å²) < 4.78 is 4.93. The molecule has 0 heterocycles. The van der Waals surface area contributed by atoms with Gasteiger partial charge in [0.2, 0.25) is 0 Å². The molecule has 168 valence electrons. The number of fused-ring (bicyclic) bond motifs is 1. The molecule has 1 aromatic rings. The molecule has 3 saturated carbocycles. The maximum atomic E-state index is 9.94. The summed E-state index contributed by atoms with van der Waals surface area (Å²) in [6.07, 6.45) is 8.96. The largest absolute Gasteiger partial charge is 0.396 e. The van der Waals surface area contributed by atoms with Crippen molar-refractivity contribution in [3.8, 4) is 0 Å². The summed E-state index contributed by atoms with van der Waals surface area (Å²) >= 11 is 0. The van der Waals surface area contributed by atoms with Gasteiger partial charge in [-0.15, -0.1) is 0 Å². The summed E-state index contributed by atoms with van der Waals surface area (Å²) in [5.74, 6) is 1.79. The highest BCUT2D eigenvalue weighted by atomic mass is 16.5. The summed E-state index contributed by atoms with van der Waals surface area (Å²) in [4.78, 5) is 0. The van der Waals surface area contributed by atoms with Gasteiger partial charge in [-0.25, -0.2) is 0 Å². The lowest BCUT2D eigenvalue weighted by atomic mass is 9.53. The molecule has 3 aliphatic rings. The molecule has 3 fully saturated rings. The zero-order chi connectivity index (χ0) is 21.8. The van der Waals surface area contributed by atoms with Crippen molar-refractivity contribution >= 4 is 0 Å². The Hall–Kier alpha value is -1.16. The summed E-state index contributed by atoms with van der Waals surface area (Å²) in [5, 5.41) is 19.8. The first-order valence-electron chi connectivity index (χ1n) is 11.8. The van der Waals surface area contributed by atoms with E-state index in [0.29, 0.717) is 17.9 Å². The van der Waals surface area contributed by atoms with E-state index in [4.69, 9.17) is 4.74 Å². The molecule has 3 aliphatic carbocycles. The van der Waals surface area contributed by atoms with Crippen molar-refractivity contribution in [2.45, 2.75) is 77.9 Å². The number of rotatable bonds is 4. The lowest BCUT2D eigenvalue weighted by Gasteiger charge is -2.52. The number of allylic oxidation sites excluding steroid dienone is 1. The van der Waals surface area contributed by atoms with Gasteiger partial charge in [-0.2, -0.15) is 0 Å². The van der Waals surface area contributed by atoms with Crippen LogP contribution in [-0.2, 0) is 11.3 Å². The van der Waals surface area contributed by atoms with E-state index in [-0.39, 0.29) is 24.0 Å². The molecule has 3 heteroatoms. The average Bonchev–Trinajstić information content (AvgIpc) is 3.05. The van der Waals surface area contributed by atoms with E-state index < -0.39 is 0 Å². The average molecular weight is 415 g/mol. The number of aliphatic hydroxyl groups excluding tert-OH is 2. The van der Waals surface area contributed by atoms with Crippen LogP contribution in [-0.4, -0.2) is 30.0 Å². The van der Waals surface area contributed by atoms with Crippen molar-refractivity contribution < 1.29 is 14.9 Å². The number of hydrogen-bond acceptors (Lipinski definition) is 3. The van der Waals surface area contributed by atoms with Crippen LogP contribution >= 0.6 is 0 Å². The minimum absolute atomic E-state index is 0.199. The van der Waals surface area contributed by atoms with Crippen LogP contribution in [0.25, 0.3) is 0 Å². The molecular formula is C27H42O3. The van der Waals surface area contributed by atoms with Crippen molar-refractivity contribution in [3.05, 3.63) is 48.0 Å². The van der Waals surface area contributed by atoms with Gasteiger partial charge >= 0.3 is 0 Å². The van der Waals surface area contributed by atoms with Crippen LogP contribution in [0.1, 0.15) is 70.8 Å². The number of benzene rings is 1. The second-order valence-electron chi connectivity index (χ2n) is 10.5. The van der Waals surface area contributed by atoms with E-state index in [1.165, 1.54) is 43.2 Å². The van der Waals surface area contributed by atoms with E-state index in [9.17, 15) is 10.2 Å². The highest BCUT2D eigenvalue weighted by molar-refractivity contribution is 5.19. The minimum atomic E-state index is -0.199. The van der Waals surface area contributed by atoms with Crippen molar-refractivity contribution in [1.29, 1.82) is 0 Å². The van der Waals surface area contributed by atoms with Gasteiger partial charge in [0.1, 0.15) is 0 Å². The summed E-state index contributed by atoms with van der Waals surface area (Å²) in [7, 11) is 1.70. The van der Waals surface area contributed by atoms with Gasteiger partial charge in [-0.05, 0) is 85.5 Å². The second kappa shape index (κ2) is 9.97. The van der Waals surface area contributed by atoms with E-state index in [1.54, 1.807) is 7.11 Å². The third-order valence-corrected chi connectivity index (χ3v) is 8.90. The van der Waals surface area contributed by atoms with Gasteiger partial charge in [-0.1, -0.05) is 56.3 Å². The molecule has 30 heavy (non-hydrogen) atoms. The third-order valence-electron chi connectivity index (χ3n) is 8.90. The first-order chi connectivity index (χ1) is 14.3. The molecule has 6 unspecified atom stereocenters. The number of hydrogen-bond donors (Lipinski definition) is 2. The highest BCUT2D eigenvalue weighted by Crippen LogP contribution is 2.61. The zero-order valence-electron chi connectivity index (χ0n) is 19.3. The topological polar surface area (TPSA) is 49.7 Å². The summed E-state index contributed by atoms with van der Waals surface area (Å²) in [6, 6.07) is 10.1. The van der Waals surface area contributed by atoms with Crippen LogP contribution in [0.5, 0.6) is 0 Å². The second-order valence-corrected chi connectivity index (χ2v) is 10.5. The van der Waals surface area contributed by atoms with Crippen molar-refractivity contribution in [3.63, 3.8) is 0 Å². The number of methoxy groups -OCH3 is 1. The van der Waals surface area contributed by atoms with Gasteiger partial charge in [0, 0.05) is 13.7 Å². The number of aliphatic hydroxyl groups is 2. The van der Waals surface area contributed by atoms with Crippen molar-refractivity contribution in [1.82, 2.24) is 0 Å². The first kappa shape index (κ1) is 23.5. The molecule has 0 radical (unpaired) electrons. The molecule has 0 bridgehead atoms. The fourth-order valence-corrected chi connectivity index (χ4v) is 6.49. The molecular weight excluding hydrogens is 372 g/mol. The monoisotopic (exact) mass is 414 g/mol. The molecule has 0 saturated heterocycles. The van der Waals surface area contributed by atoms with E-state index in [1.807, 2.05) is 30.3 Å². The molecule has 2 N–H and O–H groups in total. The highest BCUT2D eigenvalue weighted by Gasteiger charge is 2.51. The van der Waals surface area contributed by atoms with Gasteiger partial charge in [0.05, 0.1) is 12.7 Å². The van der Waals surface area contributed by atoms with E-state index in [0.717, 1.165) is 25.2 Å². The SMILES string of the molecule is C=C1CCC2CC(C3(C)CCC(O)CC3CO)CCC12C.COCc1ccccc1. The predicted molar refractivity (Wildman–Crippen MR) is 123 cm³/mol. The predicted octanol–water partition coefficient (Wildman–Crippen LogP) is 5.75. The first-order valence-corrected chi connectivity index (χ1v) is 11.8. The Bertz CT molecular complexity index is 687. The maximum Gasteiger partial charge on any atom is 0.0713 e. The lowest BCUT2D eigenvalue weighted by Crippen LogP contribution is -2.46. The van der Waals surface area contributed by atoms with Gasteiger partial charge < -0.3 is 14.9 Å². The summed E-state index contributed by atoms with van der Waals surface area (Å²) in [5.41, 5.74) is 3.31. The Morgan fingerprint density at radius 1 is 1.03 bits per heavy atom. The standard InChI is InChI=1S/C19H32O2.C8H10O/c1-13-4-5-14-10-15(6-8-18(13,14)2)19(3)9-7-17(21)11-16(19)12-20;1-9-7-8-5-3-2-4-6-8/h14-17,20-21H,1,4-12H2,2-3H3;2-6H,7H2,1H3. The van der Waals surface area contributed by atoms with E-state index in [2.05, 4.69) is 20.4 Å². The molecule has 0 spiro atoms. The molecule has 0 amide bonds. The van der Waals surface area contributed by atoms with Gasteiger partial charge in [0.15, 0.2) is 0 Å². The molecule has 6 atom stereocenters. The fraction of sp³-hybridized carbons (Fsp3) is 0.704. The number of ether oxygens (including phenoxy) is 1. The Kier molecular flexibility index (Phi) is 7.81. The van der Waals surface area contributed by atoms with Crippen LogP contribution in [0.2, 0.25) is 0 Å². The van der Waals surface area contributed by atoms with Crippen LogP contribution in [0.15, 0.2) is 42.5 Å². The minimum Gasteiger partial charge on any atom is -0.396 e. The Balaban J connectivity index is 0.000000239. The summed E-state index contributed by atoms with van der Waals surface area (Å²) in [6.45, 7) is 10.1. The smallest absolute Gasteiger partial charge is 0.0713 e. The van der Waals surface area contributed by atoms with Crippen LogP contribution in [0, 0.1) is 28.6 Å². The Morgan fingerprint density at radius 2 is 1.77 bits per heavy atom. The lowest BCUT2D eigenvalue weighted by molar-refractivity contribution is -0.0661. The third kappa shape index (κ3) is 4.84. The molecule has 4 rings (SSSR count). The van der Waals surface area contributed by atoms with Crippen molar-refractivity contribution in [2.75, 3.05) is 13.7 Å². The molecule has 1 aromatic carbocycles. The normalized spacial score (nSPS) is 38.5. The quantitative estimate of drug-likeness (QED) is 0.617. The molecule has 0 aromatic heterocycles. The fourth-order valence-electron chi connectivity index (χ4n) is 6.49. The van der Waals surface area contributed by atoms with Crippen LogP contribution < -0.4 is 0 Å². The molecule has 0 aliphatic heterocycles. The maximum absolute atomic E-state index is 9.94. The van der Waals surface area contributed by atoms with Crippen LogP contribution in [0.4, 0.5) is 0 Å². The van der Waals surface area contributed by atoms with Gasteiger partial charge in [0.25, 0.3) is 0 Å². The van der Waals surface area contributed by atoms with Gasteiger partial charge in [-0.3, -0.25) is 0 Å². The van der Waals surface area contributed by atoms with Crippen molar-refractivity contribution in [2.24, 2.45) is 28.6 Å². The zero-order valence-corrected chi connectivity index (χ0v) is 19.3. The Morgan fingerprint density at radius 3 is 2.43 bits per heavy atom. The Labute approximate surface area is 183 Å². The van der Waals surface area contributed by atoms with E-state index >= 15 is 0 Å². The van der Waals surface area contributed by atoms with Crippen LogP contribution in [0.3, 0.4) is 0 Å².